The molecule has 0 spiro atoms. The van der Waals surface area contributed by atoms with Gasteiger partial charge in [0.15, 0.2) is 6.29 Å². The van der Waals surface area contributed by atoms with Crippen molar-refractivity contribution < 1.29 is 9.47 Å². The van der Waals surface area contributed by atoms with Gasteiger partial charge in [-0.25, -0.2) is 0 Å². The molecule has 0 unspecified atom stereocenters. The molecule has 104 valence electrons. The first-order chi connectivity index (χ1) is 9.28. The third-order valence-corrected chi connectivity index (χ3v) is 4.43. The molecule has 1 aromatic carbocycles. The van der Waals surface area contributed by atoms with Crippen LogP contribution in [0.5, 0.6) is 0 Å². The summed E-state index contributed by atoms with van der Waals surface area (Å²) in [4.78, 5) is 0. The van der Waals surface area contributed by atoms with E-state index < -0.39 is 0 Å². The van der Waals surface area contributed by atoms with Crippen LogP contribution in [0, 0.1) is 0 Å². The highest BCUT2D eigenvalue weighted by molar-refractivity contribution is 6.30. The molecule has 19 heavy (non-hydrogen) atoms. The van der Waals surface area contributed by atoms with Crippen LogP contribution in [0.4, 0.5) is 0 Å². The van der Waals surface area contributed by atoms with Gasteiger partial charge in [-0.15, -0.1) is 0 Å². The second-order valence-electron chi connectivity index (χ2n) is 5.44. The molecular weight excluding hydrogens is 262 g/mol. The molecule has 2 aliphatic rings. The highest BCUT2D eigenvalue weighted by atomic mass is 35.5. The molecule has 0 aromatic heterocycles. The van der Waals surface area contributed by atoms with Gasteiger partial charge in [0.05, 0.1) is 13.2 Å². The molecule has 2 aliphatic heterocycles. The molecule has 0 bridgehead atoms. The second-order valence-corrected chi connectivity index (χ2v) is 5.88. The Bertz CT molecular complexity index is 409. The molecule has 0 aliphatic carbocycles. The lowest BCUT2D eigenvalue weighted by Gasteiger charge is -2.39. The Hall–Kier alpha value is -0.610. The van der Waals surface area contributed by atoms with E-state index in [1.807, 2.05) is 12.1 Å². The lowest BCUT2D eigenvalue weighted by Crippen LogP contribution is -2.45. The number of piperidine rings is 1. The summed E-state index contributed by atoms with van der Waals surface area (Å²) in [5, 5.41) is 4.31. The normalized spacial score (nSPS) is 28.7. The van der Waals surface area contributed by atoms with Crippen LogP contribution in [-0.2, 0) is 14.9 Å². The van der Waals surface area contributed by atoms with Gasteiger partial charge in [-0.05, 0) is 37.1 Å². The fourth-order valence-corrected chi connectivity index (χ4v) is 3.28. The minimum Gasteiger partial charge on any atom is -0.350 e. The molecule has 4 heteroatoms. The molecule has 0 amide bonds. The summed E-state index contributed by atoms with van der Waals surface area (Å²) < 4.78 is 11.3. The first kappa shape index (κ1) is 13.4. The maximum Gasteiger partial charge on any atom is 0.158 e. The van der Waals surface area contributed by atoms with E-state index in [0.717, 1.165) is 37.7 Å². The molecule has 1 N–H and O–H groups in total. The van der Waals surface area contributed by atoms with Gasteiger partial charge in [0.2, 0.25) is 0 Å². The van der Waals surface area contributed by atoms with Crippen molar-refractivity contribution in [3.05, 3.63) is 34.9 Å². The van der Waals surface area contributed by atoms with Gasteiger partial charge in [-0.2, -0.15) is 0 Å². The second kappa shape index (κ2) is 5.80. The van der Waals surface area contributed by atoms with Crippen molar-refractivity contribution in [3.8, 4) is 0 Å². The minimum atomic E-state index is -0.0596. The zero-order valence-corrected chi connectivity index (χ0v) is 11.8. The molecule has 2 saturated heterocycles. The number of hydrogen-bond acceptors (Lipinski definition) is 3. The summed E-state index contributed by atoms with van der Waals surface area (Å²) in [6.45, 7) is 3.52. The molecule has 3 nitrogen and oxygen atoms in total. The van der Waals surface area contributed by atoms with Crippen LogP contribution in [-0.4, -0.2) is 32.6 Å². The predicted octanol–water partition coefficient (Wildman–Crippen LogP) is 2.72. The van der Waals surface area contributed by atoms with Gasteiger partial charge < -0.3 is 14.8 Å². The monoisotopic (exact) mass is 281 g/mol. The summed E-state index contributed by atoms with van der Waals surface area (Å²) >= 11 is 6.00. The van der Waals surface area contributed by atoms with Crippen molar-refractivity contribution in [1.29, 1.82) is 0 Å². The van der Waals surface area contributed by atoms with Crippen LogP contribution >= 0.6 is 11.6 Å². The highest BCUT2D eigenvalue weighted by Gasteiger charge is 2.37. The molecule has 0 saturated carbocycles. The van der Waals surface area contributed by atoms with Gasteiger partial charge in [0.25, 0.3) is 0 Å². The zero-order chi connectivity index (χ0) is 13.1. The van der Waals surface area contributed by atoms with Crippen molar-refractivity contribution >= 4 is 11.6 Å². The van der Waals surface area contributed by atoms with Crippen LogP contribution in [0.2, 0.25) is 5.02 Å². The average molecular weight is 282 g/mol. The van der Waals surface area contributed by atoms with Crippen LogP contribution in [0.25, 0.3) is 0 Å². The molecule has 1 atom stereocenters. The van der Waals surface area contributed by atoms with Crippen molar-refractivity contribution in [2.45, 2.75) is 31.0 Å². The van der Waals surface area contributed by atoms with Gasteiger partial charge in [-0.1, -0.05) is 23.7 Å². The lowest BCUT2D eigenvalue weighted by molar-refractivity contribution is -0.0639. The molecule has 3 rings (SSSR count). The number of benzene rings is 1. The topological polar surface area (TPSA) is 30.5 Å². The van der Waals surface area contributed by atoms with Crippen LogP contribution in [0.3, 0.4) is 0 Å². The third kappa shape index (κ3) is 2.95. The van der Waals surface area contributed by atoms with E-state index in [4.69, 9.17) is 21.1 Å². The number of nitrogens with one attached hydrogen (secondary N) is 1. The maximum atomic E-state index is 6.00. The van der Waals surface area contributed by atoms with Crippen molar-refractivity contribution in [2.24, 2.45) is 0 Å². The summed E-state index contributed by atoms with van der Waals surface area (Å²) in [5.41, 5.74) is 1.45. The van der Waals surface area contributed by atoms with Crippen molar-refractivity contribution in [3.63, 3.8) is 0 Å². The molecule has 1 aromatic rings. The number of halogens is 1. The van der Waals surface area contributed by atoms with Crippen molar-refractivity contribution in [2.75, 3.05) is 26.3 Å². The summed E-state index contributed by atoms with van der Waals surface area (Å²) in [7, 11) is 0. The number of ether oxygens (including phenoxy) is 2. The fourth-order valence-electron chi connectivity index (χ4n) is 3.15. The van der Waals surface area contributed by atoms with Gasteiger partial charge >= 0.3 is 0 Å². The van der Waals surface area contributed by atoms with E-state index >= 15 is 0 Å². The molecule has 0 radical (unpaired) electrons. The van der Waals surface area contributed by atoms with Gasteiger partial charge in [0.1, 0.15) is 0 Å². The quantitative estimate of drug-likeness (QED) is 0.924. The number of hydrogen-bond donors (Lipinski definition) is 1. The van der Waals surface area contributed by atoms with E-state index in [-0.39, 0.29) is 11.7 Å². The van der Waals surface area contributed by atoms with E-state index in [1.54, 1.807) is 0 Å². The van der Waals surface area contributed by atoms with Crippen LogP contribution < -0.4 is 5.32 Å². The third-order valence-electron chi connectivity index (χ3n) is 4.18. The smallest absolute Gasteiger partial charge is 0.158 e. The fraction of sp³-hybridized carbons (Fsp3) is 0.600. The largest absolute Gasteiger partial charge is 0.350 e. The van der Waals surface area contributed by atoms with E-state index in [0.29, 0.717) is 0 Å². The lowest BCUT2D eigenvalue weighted by atomic mass is 9.72. The standard InChI is InChI=1S/C15H20ClNO2/c16-13-4-2-12(3-5-13)15(6-1-7-17-11-15)10-14-18-8-9-19-14/h2-5,14,17H,1,6-11H2/t15-/m1/s1. The highest BCUT2D eigenvalue weighted by Crippen LogP contribution is 2.37. The van der Waals surface area contributed by atoms with E-state index in [2.05, 4.69) is 17.4 Å². The summed E-state index contributed by atoms with van der Waals surface area (Å²) in [6.07, 6.45) is 3.22. The Balaban J connectivity index is 1.84. The Morgan fingerprint density at radius 1 is 1.21 bits per heavy atom. The maximum absolute atomic E-state index is 6.00. The zero-order valence-electron chi connectivity index (χ0n) is 11.0. The Kier molecular flexibility index (Phi) is 4.08. The minimum absolute atomic E-state index is 0.0596. The van der Waals surface area contributed by atoms with Crippen molar-refractivity contribution in [1.82, 2.24) is 5.32 Å². The molecule has 2 fully saturated rings. The Labute approximate surface area is 119 Å². The number of rotatable bonds is 3. The molecular formula is C15H20ClNO2. The Morgan fingerprint density at radius 3 is 2.58 bits per heavy atom. The first-order valence-electron chi connectivity index (χ1n) is 6.99. The SMILES string of the molecule is Clc1ccc([C@@]2(CC3OCCO3)CCCNC2)cc1. The first-order valence-corrected chi connectivity index (χ1v) is 7.36. The van der Waals surface area contributed by atoms with E-state index in [9.17, 15) is 0 Å². The van der Waals surface area contributed by atoms with Crippen LogP contribution in [0.1, 0.15) is 24.8 Å². The van der Waals surface area contributed by atoms with Gasteiger partial charge in [-0.3, -0.25) is 0 Å². The predicted molar refractivity (Wildman–Crippen MR) is 75.5 cm³/mol. The van der Waals surface area contributed by atoms with E-state index in [1.165, 1.54) is 18.4 Å². The summed E-state index contributed by atoms with van der Waals surface area (Å²) in [5.74, 6) is 0. The summed E-state index contributed by atoms with van der Waals surface area (Å²) in [6, 6.07) is 8.24. The molecule has 2 heterocycles. The average Bonchev–Trinajstić information content (AvgIpc) is 2.93. The van der Waals surface area contributed by atoms with Crippen LogP contribution in [0.15, 0.2) is 24.3 Å². The Morgan fingerprint density at radius 2 is 1.95 bits per heavy atom. The van der Waals surface area contributed by atoms with Gasteiger partial charge in [0, 0.05) is 23.4 Å².